The molecule has 0 spiro atoms. The van der Waals surface area contributed by atoms with E-state index in [1.54, 1.807) is 19.9 Å². The molecular formula is C26H27FN4O2. The number of anilines is 2. The van der Waals surface area contributed by atoms with Gasteiger partial charge in [0.25, 0.3) is 0 Å². The molecule has 0 saturated heterocycles. The van der Waals surface area contributed by atoms with Crippen LogP contribution in [0.25, 0.3) is 10.9 Å². The van der Waals surface area contributed by atoms with E-state index < -0.39 is 5.82 Å². The highest BCUT2D eigenvalue weighted by Gasteiger charge is 2.16. The Kier molecular flexibility index (Phi) is 6.45. The van der Waals surface area contributed by atoms with Crippen molar-refractivity contribution in [1.29, 1.82) is 5.26 Å². The number of ether oxygens (including phenoxy) is 1. The van der Waals surface area contributed by atoms with Gasteiger partial charge in [-0.25, -0.2) is 4.39 Å². The maximum atomic E-state index is 13.8. The van der Waals surface area contributed by atoms with Gasteiger partial charge < -0.3 is 15.0 Å². The molecule has 0 aliphatic carbocycles. The normalized spacial score (nSPS) is 12.5. The second-order valence-electron chi connectivity index (χ2n) is 7.70. The second kappa shape index (κ2) is 10.7. The van der Waals surface area contributed by atoms with Crippen LogP contribution in [-0.2, 0) is 11.2 Å². The number of benzene rings is 2. The number of hydrogen-bond acceptors (Lipinski definition) is 6. The number of carbonyl (C=O) groups excluding carboxylic acids is 1. The van der Waals surface area contributed by atoms with Crippen LogP contribution in [0.2, 0.25) is 0 Å². The first-order valence-corrected chi connectivity index (χ1v) is 10.4. The quantitative estimate of drug-likeness (QED) is 0.467. The van der Waals surface area contributed by atoms with Gasteiger partial charge in [-0.15, -0.1) is 0 Å². The Morgan fingerprint density at radius 2 is 2.18 bits per heavy atom. The van der Waals surface area contributed by atoms with Gasteiger partial charge in [-0.3, -0.25) is 9.78 Å². The molecule has 33 heavy (non-hydrogen) atoms. The van der Waals surface area contributed by atoms with E-state index in [-0.39, 0.29) is 70.5 Å². The lowest BCUT2D eigenvalue weighted by Gasteiger charge is -2.15. The van der Waals surface area contributed by atoms with E-state index in [2.05, 4.69) is 10.3 Å². The molecule has 3 aromatic rings. The first-order chi connectivity index (χ1) is 17.1. The van der Waals surface area contributed by atoms with Crippen molar-refractivity contribution in [2.75, 3.05) is 32.6 Å². The Labute approximate surface area is 197 Å². The fourth-order valence-corrected chi connectivity index (χ4v) is 3.16. The molecular weight excluding hydrogens is 419 g/mol. The summed E-state index contributed by atoms with van der Waals surface area (Å²) in [5, 5.41) is 12.9. The molecule has 0 aliphatic heterocycles. The number of likely N-dealkylation sites (N-methyl/N-ethyl adjacent to an activating group) is 1. The summed E-state index contributed by atoms with van der Waals surface area (Å²) >= 11 is 0. The van der Waals surface area contributed by atoms with E-state index in [1.165, 1.54) is 24.3 Å². The van der Waals surface area contributed by atoms with E-state index in [9.17, 15) is 14.4 Å². The van der Waals surface area contributed by atoms with Gasteiger partial charge in [0.15, 0.2) is 5.78 Å². The fraction of sp³-hybridized carbons (Fsp3) is 0.269. The Balaban J connectivity index is 2.28. The lowest BCUT2D eigenvalue weighted by molar-refractivity contribution is -0.114. The summed E-state index contributed by atoms with van der Waals surface area (Å²) < 4.78 is 45.4. The summed E-state index contributed by atoms with van der Waals surface area (Å²) in [6.45, 7) is 4.07. The number of allylic oxidation sites excluding steroid dienone is 1. The molecule has 2 aromatic carbocycles. The number of fused-ring (bicyclic) bond motifs is 1. The molecule has 7 heteroatoms. The molecule has 0 fully saturated rings. The number of nitrogens with one attached hydrogen (secondary N) is 1. The van der Waals surface area contributed by atoms with Crippen molar-refractivity contribution in [2.45, 2.75) is 20.3 Å². The Bertz CT molecular complexity index is 1400. The largest absolute Gasteiger partial charge is 0.494 e. The number of nitrogens with zero attached hydrogens (tertiary/aromatic N) is 3. The molecule has 1 heterocycles. The lowest BCUT2D eigenvalue weighted by atomic mass is 10.0. The van der Waals surface area contributed by atoms with Crippen molar-refractivity contribution in [2.24, 2.45) is 0 Å². The summed E-state index contributed by atoms with van der Waals surface area (Å²) in [5.74, 6) is -0.634. The smallest absolute Gasteiger partial charge is 0.159 e. The number of pyridine rings is 1. The minimum absolute atomic E-state index is 0.00636. The van der Waals surface area contributed by atoms with Gasteiger partial charge in [0.2, 0.25) is 0 Å². The van der Waals surface area contributed by atoms with Gasteiger partial charge in [-0.1, -0.05) is 6.08 Å². The number of nitriles is 1. The molecule has 0 radical (unpaired) electrons. The van der Waals surface area contributed by atoms with Gasteiger partial charge >= 0.3 is 0 Å². The highest BCUT2D eigenvalue weighted by molar-refractivity contribution is 5.98. The van der Waals surface area contributed by atoms with E-state index in [0.29, 0.717) is 17.8 Å². The van der Waals surface area contributed by atoms with Crippen LogP contribution in [0.5, 0.6) is 5.75 Å². The molecule has 0 unspecified atom stereocenters. The van der Waals surface area contributed by atoms with Crippen molar-refractivity contribution >= 4 is 28.1 Å². The number of aryl methyl sites for hydroxylation is 1. The van der Waals surface area contributed by atoms with E-state index in [1.807, 2.05) is 25.1 Å². The van der Waals surface area contributed by atoms with Crippen molar-refractivity contribution in [3.05, 3.63) is 71.1 Å². The van der Waals surface area contributed by atoms with Gasteiger partial charge in [0, 0.05) is 41.8 Å². The highest BCUT2D eigenvalue weighted by atomic mass is 19.1. The SMILES string of the molecule is [2H]c1nc2c([2H])c(OCC)c(CC(=O)/C=C/CN(C)C)c([2H])c2c(Nc2ccc(F)c(C)c2)c1C#N. The van der Waals surface area contributed by atoms with Crippen LogP contribution in [0.3, 0.4) is 0 Å². The summed E-state index contributed by atoms with van der Waals surface area (Å²) in [6, 6.07) is 5.90. The molecule has 6 nitrogen and oxygen atoms in total. The van der Waals surface area contributed by atoms with Crippen LogP contribution >= 0.6 is 0 Å². The zero-order chi connectivity index (χ0) is 26.6. The van der Waals surface area contributed by atoms with Gasteiger partial charge in [0.1, 0.15) is 17.6 Å². The monoisotopic (exact) mass is 449 g/mol. The molecule has 0 atom stereocenters. The number of ketones is 1. The van der Waals surface area contributed by atoms with Crippen molar-refractivity contribution in [1.82, 2.24) is 9.88 Å². The van der Waals surface area contributed by atoms with Crippen molar-refractivity contribution in [3.63, 3.8) is 0 Å². The molecule has 1 N–H and O–H groups in total. The van der Waals surface area contributed by atoms with Crippen LogP contribution in [-0.4, -0.2) is 42.9 Å². The number of aromatic nitrogens is 1. The first-order valence-electron chi connectivity index (χ1n) is 11.9. The van der Waals surface area contributed by atoms with Crippen LogP contribution < -0.4 is 10.1 Å². The predicted molar refractivity (Wildman–Crippen MR) is 128 cm³/mol. The van der Waals surface area contributed by atoms with Crippen LogP contribution in [0, 0.1) is 24.1 Å². The molecule has 1 aromatic heterocycles. The summed E-state index contributed by atoms with van der Waals surface area (Å²) in [7, 11) is 3.74. The summed E-state index contributed by atoms with van der Waals surface area (Å²) in [5.41, 5.74) is 0.941. The number of hydrogen-bond donors (Lipinski definition) is 1. The summed E-state index contributed by atoms with van der Waals surface area (Å²) in [4.78, 5) is 18.7. The van der Waals surface area contributed by atoms with Gasteiger partial charge in [0.05, 0.1) is 27.5 Å². The zero-order valence-electron chi connectivity index (χ0n) is 22.0. The van der Waals surface area contributed by atoms with Crippen LogP contribution in [0.1, 0.15) is 27.7 Å². The lowest BCUT2D eigenvalue weighted by Crippen LogP contribution is -2.11. The van der Waals surface area contributed by atoms with Crippen LogP contribution in [0.15, 0.2) is 48.6 Å². The maximum absolute atomic E-state index is 13.8. The average Bonchev–Trinajstić information content (AvgIpc) is 2.81. The molecule has 0 amide bonds. The fourth-order valence-electron chi connectivity index (χ4n) is 3.16. The third-order valence-corrected chi connectivity index (χ3v) is 4.75. The van der Waals surface area contributed by atoms with Gasteiger partial charge in [-0.05, 0) is 63.8 Å². The van der Waals surface area contributed by atoms with Crippen LogP contribution in [0.4, 0.5) is 15.8 Å². The Hall–Kier alpha value is -3.76. The highest BCUT2D eigenvalue weighted by Crippen LogP contribution is 2.34. The molecule has 0 aliphatic rings. The zero-order valence-corrected chi connectivity index (χ0v) is 19.0. The molecule has 0 saturated carbocycles. The second-order valence-corrected chi connectivity index (χ2v) is 7.70. The minimum atomic E-state index is -0.402. The number of halogens is 1. The van der Waals surface area contributed by atoms with Crippen molar-refractivity contribution in [3.8, 4) is 11.8 Å². The van der Waals surface area contributed by atoms with E-state index in [0.717, 1.165) is 0 Å². The molecule has 0 bridgehead atoms. The minimum Gasteiger partial charge on any atom is -0.494 e. The third kappa shape index (κ3) is 5.93. The predicted octanol–water partition coefficient (Wildman–Crippen LogP) is 4.93. The van der Waals surface area contributed by atoms with E-state index in [4.69, 9.17) is 8.85 Å². The number of rotatable bonds is 9. The maximum Gasteiger partial charge on any atom is 0.159 e. The molecule has 170 valence electrons. The molecule has 3 rings (SSSR count). The Morgan fingerprint density at radius 1 is 1.39 bits per heavy atom. The third-order valence-electron chi connectivity index (χ3n) is 4.75. The number of carbonyl (C=O) groups is 1. The summed E-state index contributed by atoms with van der Waals surface area (Å²) in [6.07, 6.45) is 2.56. The first kappa shape index (κ1) is 19.9. The average molecular weight is 450 g/mol. The van der Waals surface area contributed by atoms with Crippen molar-refractivity contribution < 1.29 is 18.0 Å². The van der Waals surface area contributed by atoms with E-state index >= 15 is 0 Å². The van der Waals surface area contributed by atoms with Gasteiger partial charge in [-0.2, -0.15) is 5.26 Å². The standard InChI is InChI=1S/C26H27FN4O2/c1-5-33-25-14-24-22(13-18(25)12-21(32)7-6-10-31(3)4)26(19(15-28)16-29-24)30-20-8-9-23(27)17(2)11-20/h6-9,11,13-14,16H,5,10,12H2,1-4H3,(H,29,30)/b7-6+/i13D,14D,16D. The Morgan fingerprint density at radius 3 is 2.85 bits per heavy atom. The topological polar surface area (TPSA) is 78.2 Å².